The molecule has 3 rings (SSSR count). The van der Waals surface area contributed by atoms with Crippen molar-refractivity contribution in [2.45, 2.75) is 51.2 Å². The Morgan fingerprint density at radius 1 is 1.05 bits per heavy atom. The van der Waals surface area contributed by atoms with Gasteiger partial charge in [0.2, 0.25) is 5.91 Å². The van der Waals surface area contributed by atoms with Gasteiger partial charge in [-0.25, -0.2) is 0 Å². The Morgan fingerprint density at radius 2 is 1.76 bits per heavy atom. The lowest BCUT2D eigenvalue weighted by Crippen LogP contribution is -2.63. The van der Waals surface area contributed by atoms with Crippen LogP contribution >= 0.6 is 0 Å². The molecule has 0 spiro atoms. The Hall–Kier alpha value is -1.84. The molecular weight excluding hydrogens is 264 g/mol. The molecule has 2 unspecified atom stereocenters. The maximum atomic E-state index is 13.0. The fourth-order valence-corrected chi connectivity index (χ4v) is 3.52. The molecule has 0 aromatic heterocycles. The quantitative estimate of drug-likeness (QED) is 0.837. The number of hydrogen-bond acceptors (Lipinski definition) is 2. The van der Waals surface area contributed by atoms with Gasteiger partial charge in [-0.05, 0) is 38.7 Å². The summed E-state index contributed by atoms with van der Waals surface area (Å²) < 4.78 is 0. The van der Waals surface area contributed by atoms with E-state index >= 15 is 0 Å². The van der Waals surface area contributed by atoms with Gasteiger partial charge in [-0.1, -0.05) is 30.3 Å². The van der Waals surface area contributed by atoms with Gasteiger partial charge in [-0.15, -0.1) is 0 Å². The summed E-state index contributed by atoms with van der Waals surface area (Å²) in [5.74, 6) is 0.192. The maximum Gasteiger partial charge on any atom is 0.250 e. The van der Waals surface area contributed by atoms with Crippen LogP contribution < -0.4 is 0 Å². The average molecular weight is 286 g/mol. The van der Waals surface area contributed by atoms with Crippen LogP contribution in [0.1, 0.15) is 44.7 Å². The van der Waals surface area contributed by atoms with Gasteiger partial charge >= 0.3 is 0 Å². The fourth-order valence-electron chi connectivity index (χ4n) is 3.52. The van der Waals surface area contributed by atoms with Crippen molar-refractivity contribution < 1.29 is 9.59 Å². The Kier molecular flexibility index (Phi) is 3.70. The summed E-state index contributed by atoms with van der Waals surface area (Å²) in [6.07, 6.45) is 2.83. The standard InChI is InChI=1S/C17H22N2O2/c1-12(2)19-15(13-8-4-3-5-9-13)17(21)18-11-7-6-10-14(18)16(19)20/h3-5,8-9,12,14-15H,6-7,10-11H2,1-2H3. The van der Waals surface area contributed by atoms with Crippen molar-refractivity contribution in [2.24, 2.45) is 0 Å². The maximum absolute atomic E-state index is 13.0. The Balaban J connectivity index is 2.03. The molecule has 2 atom stereocenters. The molecule has 0 N–H and O–H groups in total. The fraction of sp³-hybridized carbons (Fsp3) is 0.529. The van der Waals surface area contributed by atoms with Gasteiger partial charge in [0.15, 0.2) is 0 Å². The lowest BCUT2D eigenvalue weighted by atomic mass is 9.91. The topological polar surface area (TPSA) is 40.6 Å². The molecule has 0 saturated carbocycles. The van der Waals surface area contributed by atoms with Crippen molar-refractivity contribution in [1.29, 1.82) is 0 Å². The first-order chi connectivity index (χ1) is 10.1. The second kappa shape index (κ2) is 5.51. The monoisotopic (exact) mass is 286 g/mol. The highest BCUT2D eigenvalue weighted by Gasteiger charge is 2.47. The summed E-state index contributed by atoms with van der Waals surface area (Å²) in [5.41, 5.74) is 0.911. The van der Waals surface area contributed by atoms with Crippen molar-refractivity contribution >= 4 is 11.8 Å². The molecule has 4 nitrogen and oxygen atoms in total. The molecular formula is C17H22N2O2. The smallest absolute Gasteiger partial charge is 0.250 e. The van der Waals surface area contributed by atoms with Crippen LogP contribution in [-0.2, 0) is 9.59 Å². The third-order valence-electron chi connectivity index (χ3n) is 4.51. The van der Waals surface area contributed by atoms with Crippen molar-refractivity contribution in [1.82, 2.24) is 9.80 Å². The van der Waals surface area contributed by atoms with Crippen LogP contribution in [0.15, 0.2) is 30.3 Å². The number of piperazine rings is 1. The molecule has 2 amide bonds. The highest BCUT2D eigenvalue weighted by Crippen LogP contribution is 2.35. The number of hydrogen-bond donors (Lipinski definition) is 0. The minimum Gasteiger partial charge on any atom is -0.329 e. The molecule has 1 aromatic rings. The van der Waals surface area contributed by atoms with Crippen LogP contribution in [0.2, 0.25) is 0 Å². The predicted octanol–water partition coefficient (Wildman–Crippen LogP) is 2.36. The van der Waals surface area contributed by atoms with E-state index in [1.165, 1.54) is 0 Å². The first-order valence-electron chi connectivity index (χ1n) is 7.79. The largest absolute Gasteiger partial charge is 0.329 e. The van der Waals surface area contributed by atoms with Gasteiger partial charge < -0.3 is 9.80 Å². The Morgan fingerprint density at radius 3 is 2.43 bits per heavy atom. The summed E-state index contributed by atoms with van der Waals surface area (Å²) in [7, 11) is 0. The van der Waals surface area contributed by atoms with E-state index in [0.717, 1.165) is 24.8 Å². The van der Waals surface area contributed by atoms with E-state index in [4.69, 9.17) is 0 Å². The van der Waals surface area contributed by atoms with Crippen LogP contribution in [-0.4, -0.2) is 40.2 Å². The van der Waals surface area contributed by atoms with Crippen LogP contribution in [0.4, 0.5) is 0 Å². The van der Waals surface area contributed by atoms with Gasteiger partial charge in [0, 0.05) is 12.6 Å². The summed E-state index contributed by atoms with van der Waals surface area (Å²) in [5, 5.41) is 0. The van der Waals surface area contributed by atoms with Crippen molar-refractivity contribution in [3.8, 4) is 0 Å². The molecule has 4 heteroatoms. The van der Waals surface area contributed by atoms with Crippen LogP contribution in [0, 0.1) is 0 Å². The normalized spacial score (nSPS) is 26.2. The number of piperidine rings is 1. The molecule has 0 radical (unpaired) electrons. The number of nitrogens with zero attached hydrogens (tertiary/aromatic N) is 2. The molecule has 2 fully saturated rings. The number of amides is 2. The minimum atomic E-state index is -0.465. The lowest BCUT2D eigenvalue weighted by molar-refractivity contribution is -0.166. The van der Waals surface area contributed by atoms with Crippen LogP contribution in [0.25, 0.3) is 0 Å². The van der Waals surface area contributed by atoms with E-state index in [1.54, 1.807) is 4.90 Å². The first kappa shape index (κ1) is 14.1. The molecule has 0 bridgehead atoms. The number of carbonyl (C=O) groups is 2. The first-order valence-corrected chi connectivity index (χ1v) is 7.79. The van der Waals surface area contributed by atoms with Crippen molar-refractivity contribution in [3.63, 3.8) is 0 Å². The van der Waals surface area contributed by atoms with Crippen LogP contribution in [0.3, 0.4) is 0 Å². The van der Waals surface area contributed by atoms with E-state index in [2.05, 4.69) is 0 Å². The third kappa shape index (κ3) is 2.33. The molecule has 2 saturated heterocycles. The highest BCUT2D eigenvalue weighted by atomic mass is 16.2. The predicted molar refractivity (Wildman–Crippen MR) is 80.5 cm³/mol. The van der Waals surface area contributed by atoms with Gasteiger partial charge in [0.1, 0.15) is 12.1 Å². The highest BCUT2D eigenvalue weighted by molar-refractivity contribution is 5.97. The van der Waals surface area contributed by atoms with E-state index in [9.17, 15) is 9.59 Å². The number of benzene rings is 1. The second-order valence-electron chi connectivity index (χ2n) is 6.20. The zero-order chi connectivity index (χ0) is 15.0. The minimum absolute atomic E-state index is 0.0238. The summed E-state index contributed by atoms with van der Waals surface area (Å²) >= 11 is 0. The van der Waals surface area contributed by atoms with Gasteiger partial charge in [0.05, 0.1) is 0 Å². The van der Waals surface area contributed by atoms with Crippen LogP contribution in [0.5, 0.6) is 0 Å². The molecule has 1 aromatic carbocycles. The van der Waals surface area contributed by atoms with E-state index in [1.807, 2.05) is 49.1 Å². The van der Waals surface area contributed by atoms with Crippen molar-refractivity contribution in [3.05, 3.63) is 35.9 Å². The Bertz CT molecular complexity index is 541. The van der Waals surface area contributed by atoms with Gasteiger partial charge in [-0.3, -0.25) is 9.59 Å². The average Bonchev–Trinajstić information content (AvgIpc) is 2.51. The van der Waals surface area contributed by atoms with E-state index < -0.39 is 6.04 Å². The zero-order valence-corrected chi connectivity index (χ0v) is 12.7. The second-order valence-corrected chi connectivity index (χ2v) is 6.20. The molecule has 112 valence electrons. The Labute approximate surface area is 125 Å². The summed E-state index contributed by atoms with van der Waals surface area (Å²) in [6.45, 7) is 4.68. The molecule has 2 heterocycles. The molecule has 21 heavy (non-hydrogen) atoms. The van der Waals surface area contributed by atoms with Crippen molar-refractivity contribution in [2.75, 3.05) is 6.54 Å². The van der Waals surface area contributed by atoms with E-state index in [-0.39, 0.29) is 23.9 Å². The molecule has 2 aliphatic heterocycles. The van der Waals surface area contributed by atoms with Gasteiger partial charge in [0.25, 0.3) is 5.91 Å². The number of rotatable bonds is 2. The number of carbonyl (C=O) groups excluding carboxylic acids is 2. The SMILES string of the molecule is CC(C)N1C(=O)C2CCCCN2C(=O)C1c1ccccc1. The van der Waals surface area contributed by atoms with E-state index in [0.29, 0.717) is 6.54 Å². The zero-order valence-electron chi connectivity index (χ0n) is 12.7. The lowest BCUT2D eigenvalue weighted by Gasteiger charge is -2.48. The number of fused-ring (bicyclic) bond motifs is 1. The van der Waals surface area contributed by atoms with Gasteiger partial charge in [-0.2, -0.15) is 0 Å². The molecule has 0 aliphatic carbocycles. The summed E-state index contributed by atoms with van der Waals surface area (Å²) in [6, 6.07) is 8.98. The third-order valence-corrected chi connectivity index (χ3v) is 4.51. The summed E-state index contributed by atoms with van der Waals surface area (Å²) in [4.78, 5) is 29.4. The molecule has 2 aliphatic rings.